The molecule has 0 saturated carbocycles. The first kappa shape index (κ1) is 19.7. The van der Waals surface area contributed by atoms with Crippen molar-refractivity contribution in [1.29, 1.82) is 0 Å². The van der Waals surface area contributed by atoms with Crippen LogP contribution in [0.25, 0.3) is 5.70 Å². The highest BCUT2D eigenvalue weighted by Gasteiger charge is 2.38. The summed E-state index contributed by atoms with van der Waals surface area (Å²) < 4.78 is 20.6. The van der Waals surface area contributed by atoms with Crippen LogP contribution in [0.1, 0.15) is 18.9 Å². The van der Waals surface area contributed by atoms with Crippen molar-refractivity contribution in [2.75, 3.05) is 6.61 Å². The summed E-state index contributed by atoms with van der Waals surface area (Å²) in [7, 11) is -3.12. The minimum absolute atomic E-state index is 0.423. The standard InChI is InChI=1S/C24H24NO3P/c1-2-27-23-18-22(24(25-28-23)19-12-6-3-7-13-19)29(26,20-14-8-4-9-15-20)21-16-10-5-11-17-21/h3-17,23,25H,2,18H2,1H3/t23-/m0/s1. The van der Waals surface area contributed by atoms with Gasteiger partial charge in [0, 0.05) is 34.5 Å². The van der Waals surface area contributed by atoms with E-state index in [2.05, 4.69) is 5.48 Å². The Morgan fingerprint density at radius 2 is 1.41 bits per heavy atom. The Balaban J connectivity index is 1.96. The Hall–Kier alpha value is -2.65. The van der Waals surface area contributed by atoms with Crippen molar-refractivity contribution >= 4 is 23.4 Å². The number of hydrogen-bond donors (Lipinski definition) is 1. The number of benzene rings is 3. The van der Waals surface area contributed by atoms with Crippen LogP contribution < -0.4 is 16.1 Å². The Bertz CT molecular complexity index is 976. The molecule has 1 aliphatic rings. The lowest BCUT2D eigenvalue weighted by Crippen LogP contribution is -2.34. The zero-order valence-corrected chi connectivity index (χ0v) is 17.2. The summed E-state index contributed by atoms with van der Waals surface area (Å²) in [6, 6.07) is 29.2. The summed E-state index contributed by atoms with van der Waals surface area (Å²) in [5.41, 5.74) is 4.73. The number of rotatable bonds is 6. The van der Waals surface area contributed by atoms with Crippen LogP contribution in [0, 0.1) is 0 Å². The molecule has 4 nitrogen and oxygen atoms in total. The number of hydrogen-bond acceptors (Lipinski definition) is 4. The van der Waals surface area contributed by atoms with Crippen molar-refractivity contribution in [2.45, 2.75) is 19.6 Å². The second kappa shape index (κ2) is 8.79. The quantitative estimate of drug-likeness (QED) is 0.606. The van der Waals surface area contributed by atoms with E-state index in [0.29, 0.717) is 13.0 Å². The third-order valence-electron chi connectivity index (χ3n) is 4.98. The fourth-order valence-electron chi connectivity index (χ4n) is 3.62. The summed E-state index contributed by atoms with van der Waals surface area (Å²) in [5.74, 6) is 0. The van der Waals surface area contributed by atoms with Crippen molar-refractivity contribution < 1.29 is 14.1 Å². The highest BCUT2D eigenvalue weighted by Crippen LogP contribution is 2.56. The number of ether oxygens (including phenoxy) is 1. The molecule has 0 aliphatic carbocycles. The predicted molar refractivity (Wildman–Crippen MR) is 117 cm³/mol. The van der Waals surface area contributed by atoms with Crippen molar-refractivity contribution in [1.82, 2.24) is 5.48 Å². The minimum Gasteiger partial charge on any atom is -0.350 e. The summed E-state index contributed by atoms with van der Waals surface area (Å²) in [5, 5.41) is 2.41. The maximum Gasteiger partial charge on any atom is 0.187 e. The van der Waals surface area contributed by atoms with Gasteiger partial charge >= 0.3 is 0 Å². The molecule has 4 rings (SSSR count). The van der Waals surface area contributed by atoms with Gasteiger partial charge in [0.25, 0.3) is 0 Å². The molecule has 0 fully saturated rings. The first-order chi connectivity index (χ1) is 14.2. The summed E-state index contributed by atoms with van der Waals surface area (Å²) in [4.78, 5) is 5.73. The van der Waals surface area contributed by atoms with Crippen LogP contribution in [0.15, 0.2) is 96.3 Å². The number of nitrogens with one attached hydrogen (secondary N) is 1. The van der Waals surface area contributed by atoms with E-state index >= 15 is 0 Å². The van der Waals surface area contributed by atoms with E-state index in [0.717, 1.165) is 27.2 Å². The molecule has 0 unspecified atom stereocenters. The monoisotopic (exact) mass is 405 g/mol. The first-order valence-corrected chi connectivity index (χ1v) is 11.5. The van der Waals surface area contributed by atoms with Crippen LogP contribution in [0.5, 0.6) is 0 Å². The topological polar surface area (TPSA) is 47.6 Å². The zero-order chi connectivity index (χ0) is 20.1. The van der Waals surface area contributed by atoms with Gasteiger partial charge in [-0.2, -0.15) is 0 Å². The molecule has 0 radical (unpaired) electrons. The molecule has 3 aromatic carbocycles. The molecular weight excluding hydrogens is 381 g/mol. The third kappa shape index (κ3) is 3.92. The van der Waals surface area contributed by atoms with Gasteiger partial charge < -0.3 is 9.30 Å². The molecule has 1 atom stereocenters. The second-order valence-corrected chi connectivity index (χ2v) is 9.57. The van der Waals surface area contributed by atoms with Gasteiger partial charge in [-0.1, -0.05) is 91.0 Å². The lowest BCUT2D eigenvalue weighted by Gasteiger charge is -2.33. The van der Waals surface area contributed by atoms with Gasteiger partial charge in [0.15, 0.2) is 13.4 Å². The molecule has 3 aromatic rings. The van der Waals surface area contributed by atoms with E-state index in [1.165, 1.54) is 0 Å². The molecule has 148 valence electrons. The van der Waals surface area contributed by atoms with Crippen LogP contribution in [-0.4, -0.2) is 12.9 Å². The largest absolute Gasteiger partial charge is 0.350 e. The highest BCUT2D eigenvalue weighted by molar-refractivity contribution is 7.82. The van der Waals surface area contributed by atoms with Crippen molar-refractivity contribution in [2.24, 2.45) is 0 Å². The van der Waals surface area contributed by atoms with Crippen LogP contribution in [0.2, 0.25) is 0 Å². The van der Waals surface area contributed by atoms with Gasteiger partial charge in [-0.25, -0.2) is 4.84 Å². The fourth-order valence-corrected chi connectivity index (χ4v) is 6.62. The van der Waals surface area contributed by atoms with E-state index in [1.54, 1.807) is 0 Å². The normalized spacial score (nSPS) is 17.1. The van der Waals surface area contributed by atoms with Gasteiger partial charge in [0.2, 0.25) is 0 Å². The van der Waals surface area contributed by atoms with E-state index in [-0.39, 0.29) is 0 Å². The third-order valence-corrected chi connectivity index (χ3v) is 8.19. The molecule has 29 heavy (non-hydrogen) atoms. The maximum atomic E-state index is 14.9. The maximum absolute atomic E-state index is 14.9. The van der Waals surface area contributed by atoms with Crippen molar-refractivity contribution in [3.05, 3.63) is 102 Å². The SMILES string of the molecule is CCO[C@@H]1CC(P(=O)(c2ccccc2)c2ccccc2)=C(c2ccccc2)NO1. The molecule has 1 heterocycles. The molecule has 0 spiro atoms. The van der Waals surface area contributed by atoms with E-state index in [4.69, 9.17) is 9.57 Å². The highest BCUT2D eigenvalue weighted by atomic mass is 31.2. The zero-order valence-electron chi connectivity index (χ0n) is 16.3. The molecule has 1 N–H and O–H groups in total. The average molecular weight is 405 g/mol. The second-order valence-electron chi connectivity index (χ2n) is 6.78. The molecule has 0 bridgehead atoms. The van der Waals surface area contributed by atoms with E-state index in [1.807, 2.05) is 97.9 Å². The molecular formula is C24H24NO3P. The molecule has 0 amide bonds. The van der Waals surface area contributed by atoms with Gasteiger partial charge in [0.05, 0.1) is 5.70 Å². The molecule has 0 saturated heterocycles. The Morgan fingerprint density at radius 3 is 1.93 bits per heavy atom. The smallest absolute Gasteiger partial charge is 0.187 e. The van der Waals surface area contributed by atoms with Crippen LogP contribution in [-0.2, 0) is 14.1 Å². The summed E-state index contributed by atoms with van der Waals surface area (Å²) >= 11 is 0. The minimum atomic E-state index is -3.12. The molecule has 5 heteroatoms. The van der Waals surface area contributed by atoms with Crippen molar-refractivity contribution in [3.63, 3.8) is 0 Å². The summed E-state index contributed by atoms with van der Waals surface area (Å²) in [6.07, 6.45) is -0.0743. The van der Waals surface area contributed by atoms with Crippen LogP contribution in [0.4, 0.5) is 0 Å². The predicted octanol–water partition coefficient (Wildman–Crippen LogP) is 4.66. The van der Waals surface area contributed by atoms with Gasteiger partial charge in [-0.3, -0.25) is 5.48 Å². The molecule has 1 aliphatic heterocycles. The first-order valence-electron chi connectivity index (χ1n) is 9.77. The lowest BCUT2D eigenvalue weighted by molar-refractivity contribution is -0.167. The van der Waals surface area contributed by atoms with Crippen molar-refractivity contribution in [3.8, 4) is 0 Å². The summed E-state index contributed by atoms with van der Waals surface area (Å²) in [6.45, 7) is 2.44. The number of hydroxylamine groups is 1. The van der Waals surface area contributed by atoms with Gasteiger partial charge in [-0.05, 0) is 6.92 Å². The fraction of sp³-hybridized carbons (Fsp3) is 0.167. The Labute approximate surface area is 171 Å². The molecule has 0 aromatic heterocycles. The Kier molecular flexibility index (Phi) is 5.96. The van der Waals surface area contributed by atoms with Gasteiger partial charge in [-0.15, -0.1) is 0 Å². The van der Waals surface area contributed by atoms with Gasteiger partial charge in [0.1, 0.15) is 0 Å². The average Bonchev–Trinajstić information content (AvgIpc) is 2.80. The van der Waals surface area contributed by atoms with E-state index < -0.39 is 13.4 Å². The van der Waals surface area contributed by atoms with Crippen LogP contribution >= 0.6 is 7.14 Å². The Morgan fingerprint density at radius 1 is 0.897 bits per heavy atom. The lowest BCUT2D eigenvalue weighted by atomic mass is 10.1. The van der Waals surface area contributed by atoms with E-state index in [9.17, 15) is 4.57 Å². The van der Waals surface area contributed by atoms with Crippen LogP contribution in [0.3, 0.4) is 0 Å².